The molecule has 0 aliphatic carbocycles. The van der Waals surface area contributed by atoms with Crippen molar-refractivity contribution < 1.29 is 9.53 Å². The quantitative estimate of drug-likeness (QED) is 0.461. The van der Waals surface area contributed by atoms with E-state index in [9.17, 15) is 4.79 Å². The van der Waals surface area contributed by atoms with Gasteiger partial charge in [0.2, 0.25) is 0 Å². The second-order valence-corrected chi connectivity index (χ2v) is 7.54. The molecule has 0 saturated carbocycles. The lowest BCUT2D eigenvalue weighted by Crippen LogP contribution is -2.22. The molecule has 154 valence electrons. The monoisotopic (exact) mass is 409 g/mol. The predicted octanol–water partition coefficient (Wildman–Crippen LogP) is 5.68. The molecule has 0 radical (unpaired) electrons. The lowest BCUT2D eigenvalue weighted by molar-refractivity contribution is 0.0972. The number of anilines is 1. The van der Waals surface area contributed by atoms with Crippen LogP contribution in [-0.2, 0) is 0 Å². The predicted molar refractivity (Wildman–Crippen MR) is 122 cm³/mol. The van der Waals surface area contributed by atoms with Crippen molar-refractivity contribution in [3.05, 3.63) is 96.2 Å². The van der Waals surface area contributed by atoms with Crippen molar-refractivity contribution in [3.8, 4) is 22.7 Å². The van der Waals surface area contributed by atoms with Crippen molar-refractivity contribution in [2.24, 2.45) is 0 Å². The third kappa shape index (κ3) is 3.70. The topological polar surface area (TPSA) is 56.2 Å². The lowest BCUT2D eigenvalue weighted by Gasteiger charge is -2.26. The van der Waals surface area contributed by atoms with Gasteiger partial charge in [-0.15, -0.1) is 0 Å². The molecule has 5 heteroatoms. The first kappa shape index (κ1) is 19.1. The molecule has 3 aromatic carbocycles. The second kappa shape index (κ2) is 8.11. The lowest BCUT2D eigenvalue weighted by atomic mass is 9.91. The number of nitrogens with one attached hydrogen (secondary N) is 1. The number of para-hydroxylation sites is 2. The molecule has 1 aromatic heterocycles. The van der Waals surface area contributed by atoms with Crippen molar-refractivity contribution in [3.63, 3.8) is 0 Å². The van der Waals surface area contributed by atoms with E-state index in [0.717, 1.165) is 39.5 Å². The van der Waals surface area contributed by atoms with Crippen molar-refractivity contribution in [1.82, 2.24) is 9.78 Å². The average molecular weight is 409 g/mol. The summed E-state index contributed by atoms with van der Waals surface area (Å²) in [5.41, 5.74) is 5.43. The van der Waals surface area contributed by atoms with Gasteiger partial charge in [0.25, 0.3) is 0 Å². The van der Waals surface area contributed by atoms with Crippen LogP contribution in [0.3, 0.4) is 0 Å². The van der Waals surface area contributed by atoms with Gasteiger partial charge in [0.1, 0.15) is 5.75 Å². The maximum Gasteiger partial charge on any atom is 0.167 e. The number of hydrogen-bond acceptors (Lipinski definition) is 4. The zero-order chi connectivity index (χ0) is 21.2. The van der Waals surface area contributed by atoms with Crippen LogP contribution in [0, 0.1) is 0 Å². The molecule has 0 bridgehead atoms. The molecule has 0 amide bonds. The van der Waals surface area contributed by atoms with E-state index in [1.54, 1.807) is 0 Å². The number of ketones is 1. The van der Waals surface area contributed by atoms with Crippen molar-refractivity contribution in [2.75, 3.05) is 11.9 Å². The van der Waals surface area contributed by atoms with Crippen LogP contribution in [-0.4, -0.2) is 22.2 Å². The molecule has 1 aliphatic heterocycles. The number of benzene rings is 3. The summed E-state index contributed by atoms with van der Waals surface area (Å²) >= 11 is 0. The highest BCUT2D eigenvalue weighted by Crippen LogP contribution is 2.37. The van der Waals surface area contributed by atoms with Crippen LogP contribution in [0.1, 0.15) is 35.3 Å². The Hall–Kier alpha value is -3.86. The molecule has 5 nitrogen and oxygen atoms in total. The first-order chi connectivity index (χ1) is 15.2. The molecule has 2 heterocycles. The molecule has 31 heavy (non-hydrogen) atoms. The Morgan fingerprint density at radius 3 is 2.52 bits per heavy atom. The summed E-state index contributed by atoms with van der Waals surface area (Å²) in [7, 11) is 0. The van der Waals surface area contributed by atoms with E-state index in [4.69, 9.17) is 9.84 Å². The summed E-state index contributed by atoms with van der Waals surface area (Å²) in [6, 6.07) is 25.5. The summed E-state index contributed by atoms with van der Waals surface area (Å²) in [5.74, 6) is 0.972. The van der Waals surface area contributed by atoms with Gasteiger partial charge in [0.05, 0.1) is 24.0 Å². The number of carbonyl (C=O) groups excluding carboxylic acids is 1. The number of hydrogen-bond donors (Lipinski definition) is 1. The molecule has 0 spiro atoms. The van der Waals surface area contributed by atoms with Gasteiger partial charge in [0.15, 0.2) is 5.78 Å². The minimum atomic E-state index is -0.151. The van der Waals surface area contributed by atoms with Crippen LogP contribution in [0.4, 0.5) is 5.69 Å². The number of ether oxygens (including phenoxy) is 1. The third-order valence-electron chi connectivity index (χ3n) is 5.52. The number of Topliss-reactive ketones (excluding diaryl/α,β-unsaturated/α-hetero) is 1. The number of carbonyl (C=O) groups is 1. The zero-order valence-corrected chi connectivity index (χ0v) is 17.3. The third-order valence-corrected chi connectivity index (χ3v) is 5.52. The molecule has 0 saturated heterocycles. The minimum absolute atomic E-state index is 0.143. The van der Waals surface area contributed by atoms with Gasteiger partial charge in [0, 0.05) is 35.0 Å². The van der Waals surface area contributed by atoms with Crippen molar-refractivity contribution in [1.29, 1.82) is 0 Å². The Bertz CT molecular complexity index is 1210. The van der Waals surface area contributed by atoms with Gasteiger partial charge in [-0.2, -0.15) is 5.10 Å². The highest BCUT2D eigenvalue weighted by molar-refractivity contribution is 6.03. The first-order valence-electron chi connectivity index (χ1n) is 10.5. The smallest absolute Gasteiger partial charge is 0.167 e. The highest BCUT2D eigenvalue weighted by atomic mass is 16.5. The summed E-state index contributed by atoms with van der Waals surface area (Å²) < 4.78 is 7.47. The van der Waals surface area contributed by atoms with Crippen molar-refractivity contribution >= 4 is 11.5 Å². The van der Waals surface area contributed by atoms with Gasteiger partial charge in [-0.3, -0.25) is 4.79 Å². The molecule has 0 fully saturated rings. The molecule has 1 aliphatic rings. The zero-order valence-electron chi connectivity index (χ0n) is 17.3. The number of fused-ring (bicyclic) bond motifs is 1. The molecular formula is C26H23N3O2. The van der Waals surface area contributed by atoms with Crippen molar-refractivity contribution in [2.45, 2.75) is 19.4 Å². The van der Waals surface area contributed by atoms with Gasteiger partial charge in [-0.05, 0) is 55.5 Å². The largest absolute Gasteiger partial charge is 0.494 e. The van der Waals surface area contributed by atoms with Crippen LogP contribution >= 0.6 is 0 Å². The van der Waals surface area contributed by atoms with Crippen LogP contribution in [0.2, 0.25) is 0 Å². The summed E-state index contributed by atoms with van der Waals surface area (Å²) in [6.45, 7) is 2.60. The first-order valence-corrected chi connectivity index (χ1v) is 10.5. The summed E-state index contributed by atoms with van der Waals surface area (Å²) in [6.07, 6.45) is 2.42. The molecular weight excluding hydrogens is 386 g/mol. The van der Waals surface area contributed by atoms with Crippen LogP contribution in [0.5, 0.6) is 5.75 Å². The van der Waals surface area contributed by atoms with E-state index in [-0.39, 0.29) is 11.8 Å². The molecule has 1 unspecified atom stereocenters. The van der Waals surface area contributed by atoms with Gasteiger partial charge >= 0.3 is 0 Å². The van der Waals surface area contributed by atoms with E-state index in [1.807, 2.05) is 96.7 Å². The number of aromatic nitrogens is 2. The molecule has 4 aromatic rings. The normalized spacial score (nSPS) is 15.3. The number of nitrogens with zero attached hydrogens (tertiary/aromatic N) is 2. The second-order valence-electron chi connectivity index (χ2n) is 7.54. The minimum Gasteiger partial charge on any atom is -0.494 e. The van der Waals surface area contributed by atoms with Crippen LogP contribution in [0.25, 0.3) is 16.9 Å². The average Bonchev–Trinajstić information content (AvgIpc) is 3.26. The van der Waals surface area contributed by atoms with Gasteiger partial charge < -0.3 is 10.1 Å². The van der Waals surface area contributed by atoms with Crippen LogP contribution < -0.4 is 10.1 Å². The Balaban J connectivity index is 1.59. The fourth-order valence-corrected chi connectivity index (χ4v) is 4.03. The maximum atomic E-state index is 12.8. The Morgan fingerprint density at radius 1 is 1.00 bits per heavy atom. The van der Waals surface area contributed by atoms with E-state index < -0.39 is 0 Å². The molecule has 1 atom stereocenters. The molecule has 5 rings (SSSR count). The standard InChI is InChI=1S/C26H23N3O2/c1-2-31-20-14-12-18(13-15-20)26-22(17-29(28-26)19-8-4-3-5-9-19)24-16-25(30)21-10-6-7-11-23(21)27-24/h3-15,17,24,27H,2,16H2,1H3. The summed E-state index contributed by atoms with van der Waals surface area (Å²) in [5, 5.41) is 8.46. The summed E-state index contributed by atoms with van der Waals surface area (Å²) in [4.78, 5) is 12.8. The number of rotatable bonds is 5. The molecule has 1 N–H and O–H groups in total. The van der Waals surface area contributed by atoms with Gasteiger partial charge in [-0.1, -0.05) is 30.3 Å². The SMILES string of the molecule is CCOc1ccc(-c2nn(-c3ccccc3)cc2C2CC(=O)c3ccccc3N2)cc1. The Kier molecular flexibility index (Phi) is 5.00. The Labute approximate surface area is 181 Å². The van der Waals surface area contributed by atoms with E-state index in [0.29, 0.717) is 13.0 Å². The fraction of sp³-hybridized carbons (Fsp3) is 0.154. The van der Waals surface area contributed by atoms with Gasteiger partial charge in [-0.25, -0.2) is 4.68 Å². The highest BCUT2D eigenvalue weighted by Gasteiger charge is 2.29. The Morgan fingerprint density at radius 2 is 1.74 bits per heavy atom. The van der Waals surface area contributed by atoms with E-state index in [1.165, 1.54) is 0 Å². The maximum absolute atomic E-state index is 12.8. The van der Waals surface area contributed by atoms with E-state index in [2.05, 4.69) is 5.32 Å². The fourth-order valence-electron chi connectivity index (χ4n) is 4.03. The van der Waals surface area contributed by atoms with E-state index >= 15 is 0 Å². The van der Waals surface area contributed by atoms with Crippen LogP contribution in [0.15, 0.2) is 85.1 Å².